The van der Waals surface area contributed by atoms with Crippen LogP contribution in [0.3, 0.4) is 0 Å². The van der Waals surface area contributed by atoms with Crippen LogP contribution in [0.2, 0.25) is 0 Å². The topological polar surface area (TPSA) is 32.3 Å². The smallest absolute Gasteiger partial charge is 0.224 e. The molecule has 0 radical (unpaired) electrons. The van der Waals surface area contributed by atoms with Crippen LogP contribution in [0.5, 0.6) is 0 Å². The fraction of sp³-hybridized carbons (Fsp3) is 0.938. The summed E-state index contributed by atoms with van der Waals surface area (Å²) in [4.78, 5) is 14.8. The third kappa shape index (κ3) is 4.48. The predicted molar refractivity (Wildman–Crippen MR) is 79.1 cm³/mol. The SMILES string of the molecule is CC(C)CCN(C(=O)CC1CCCN1)C1CCCC1. The van der Waals surface area contributed by atoms with Gasteiger partial charge >= 0.3 is 0 Å². The van der Waals surface area contributed by atoms with Crippen molar-refractivity contribution >= 4 is 5.91 Å². The Morgan fingerprint density at radius 3 is 2.53 bits per heavy atom. The number of carbonyl (C=O) groups excluding carboxylic acids is 1. The number of amides is 1. The lowest BCUT2D eigenvalue weighted by molar-refractivity contribution is -0.134. The van der Waals surface area contributed by atoms with E-state index >= 15 is 0 Å². The van der Waals surface area contributed by atoms with Crippen LogP contribution in [-0.2, 0) is 4.79 Å². The Labute approximate surface area is 118 Å². The monoisotopic (exact) mass is 266 g/mol. The molecule has 0 spiro atoms. The summed E-state index contributed by atoms with van der Waals surface area (Å²) in [5, 5.41) is 3.45. The van der Waals surface area contributed by atoms with Gasteiger partial charge in [-0.05, 0) is 44.6 Å². The molecule has 2 rings (SSSR count). The molecule has 1 heterocycles. The van der Waals surface area contributed by atoms with E-state index < -0.39 is 0 Å². The van der Waals surface area contributed by atoms with Gasteiger partial charge in [0.15, 0.2) is 0 Å². The molecule has 2 aliphatic rings. The fourth-order valence-electron chi connectivity index (χ4n) is 3.38. The van der Waals surface area contributed by atoms with Gasteiger partial charge < -0.3 is 10.2 Å². The summed E-state index contributed by atoms with van der Waals surface area (Å²) < 4.78 is 0. The number of hydrogen-bond donors (Lipinski definition) is 1. The van der Waals surface area contributed by atoms with Gasteiger partial charge in [0, 0.05) is 25.0 Å². The molecular formula is C16H30N2O. The molecule has 3 nitrogen and oxygen atoms in total. The van der Waals surface area contributed by atoms with Crippen molar-refractivity contribution in [2.75, 3.05) is 13.1 Å². The van der Waals surface area contributed by atoms with E-state index in [-0.39, 0.29) is 0 Å². The highest BCUT2D eigenvalue weighted by molar-refractivity contribution is 5.77. The molecule has 1 aliphatic carbocycles. The summed E-state index contributed by atoms with van der Waals surface area (Å²) in [5.41, 5.74) is 0. The van der Waals surface area contributed by atoms with Crippen LogP contribution in [0.15, 0.2) is 0 Å². The molecule has 3 heteroatoms. The fourth-order valence-corrected chi connectivity index (χ4v) is 3.38. The van der Waals surface area contributed by atoms with Crippen LogP contribution in [0.25, 0.3) is 0 Å². The van der Waals surface area contributed by atoms with Crippen molar-refractivity contribution in [3.05, 3.63) is 0 Å². The molecule has 19 heavy (non-hydrogen) atoms. The first-order valence-electron chi connectivity index (χ1n) is 8.19. The van der Waals surface area contributed by atoms with Gasteiger partial charge in [-0.25, -0.2) is 0 Å². The maximum atomic E-state index is 12.6. The number of nitrogens with one attached hydrogen (secondary N) is 1. The van der Waals surface area contributed by atoms with Gasteiger partial charge in [-0.3, -0.25) is 4.79 Å². The molecule has 1 saturated heterocycles. The first-order valence-corrected chi connectivity index (χ1v) is 8.19. The third-order valence-electron chi connectivity index (χ3n) is 4.62. The Morgan fingerprint density at radius 1 is 1.21 bits per heavy atom. The third-order valence-corrected chi connectivity index (χ3v) is 4.62. The molecule has 0 aromatic rings. The van der Waals surface area contributed by atoms with Crippen LogP contribution >= 0.6 is 0 Å². The standard InChI is InChI=1S/C16H30N2O/c1-13(2)9-11-18(15-7-3-4-8-15)16(19)12-14-6-5-10-17-14/h13-15,17H,3-12H2,1-2H3. The van der Waals surface area contributed by atoms with Crippen molar-refractivity contribution in [2.24, 2.45) is 5.92 Å². The largest absolute Gasteiger partial charge is 0.340 e. The van der Waals surface area contributed by atoms with Crippen molar-refractivity contribution in [1.82, 2.24) is 10.2 Å². The second kappa shape index (κ2) is 7.28. The molecule has 1 N–H and O–H groups in total. The molecule has 1 atom stereocenters. The summed E-state index contributed by atoms with van der Waals surface area (Å²) in [6.07, 6.45) is 9.32. The van der Waals surface area contributed by atoms with Gasteiger partial charge in [-0.1, -0.05) is 26.7 Å². The van der Waals surface area contributed by atoms with Gasteiger partial charge in [-0.2, -0.15) is 0 Å². The first kappa shape index (κ1) is 14.8. The summed E-state index contributed by atoms with van der Waals surface area (Å²) in [6, 6.07) is 0.975. The molecule has 1 saturated carbocycles. The van der Waals surface area contributed by atoms with Crippen molar-refractivity contribution < 1.29 is 4.79 Å². The highest BCUT2D eigenvalue weighted by Crippen LogP contribution is 2.25. The normalized spacial score (nSPS) is 24.3. The number of carbonyl (C=O) groups is 1. The zero-order valence-corrected chi connectivity index (χ0v) is 12.7. The van der Waals surface area contributed by atoms with Crippen LogP contribution in [-0.4, -0.2) is 36.0 Å². The van der Waals surface area contributed by atoms with Crippen LogP contribution < -0.4 is 5.32 Å². The molecule has 0 bridgehead atoms. The number of hydrogen-bond acceptors (Lipinski definition) is 2. The summed E-state index contributed by atoms with van der Waals surface area (Å²) in [5.74, 6) is 1.08. The van der Waals surface area contributed by atoms with E-state index in [0.29, 0.717) is 30.3 Å². The minimum absolute atomic E-state index is 0.395. The molecule has 1 aliphatic heterocycles. The maximum absolute atomic E-state index is 12.6. The summed E-state index contributed by atoms with van der Waals surface area (Å²) in [7, 11) is 0. The van der Waals surface area contributed by atoms with E-state index in [9.17, 15) is 4.79 Å². The average molecular weight is 266 g/mol. The van der Waals surface area contributed by atoms with Gasteiger partial charge in [0.1, 0.15) is 0 Å². The van der Waals surface area contributed by atoms with Crippen molar-refractivity contribution in [3.8, 4) is 0 Å². The van der Waals surface area contributed by atoms with Gasteiger partial charge in [0.05, 0.1) is 0 Å². The van der Waals surface area contributed by atoms with E-state index in [1.165, 1.54) is 38.5 Å². The minimum atomic E-state index is 0.395. The zero-order chi connectivity index (χ0) is 13.7. The molecular weight excluding hydrogens is 236 g/mol. The van der Waals surface area contributed by atoms with Crippen LogP contribution in [0.4, 0.5) is 0 Å². The average Bonchev–Trinajstić information content (AvgIpc) is 3.01. The van der Waals surface area contributed by atoms with Crippen molar-refractivity contribution in [2.45, 2.75) is 77.3 Å². The molecule has 0 aromatic carbocycles. The molecule has 2 fully saturated rings. The van der Waals surface area contributed by atoms with E-state index in [1.807, 2.05) is 0 Å². The molecule has 1 amide bonds. The molecule has 0 aromatic heterocycles. The Morgan fingerprint density at radius 2 is 1.95 bits per heavy atom. The quantitative estimate of drug-likeness (QED) is 0.801. The number of rotatable bonds is 6. The van der Waals surface area contributed by atoms with Gasteiger partial charge in [0.25, 0.3) is 0 Å². The lowest BCUT2D eigenvalue weighted by Gasteiger charge is -2.30. The Hall–Kier alpha value is -0.570. The number of nitrogens with zero attached hydrogens (tertiary/aromatic N) is 1. The predicted octanol–water partition coefficient (Wildman–Crippen LogP) is 2.95. The summed E-state index contributed by atoms with van der Waals surface area (Å²) in [6.45, 7) is 6.55. The highest BCUT2D eigenvalue weighted by Gasteiger charge is 2.28. The lowest BCUT2D eigenvalue weighted by Crippen LogP contribution is -2.42. The van der Waals surface area contributed by atoms with E-state index in [0.717, 1.165) is 19.5 Å². The van der Waals surface area contributed by atoms with E-state index in [4.69, 9.17) is 0 Å². The second-order valence-electron chi connectivity index (χ2n) is 6.71. The van der Waals surface area contributed by atoms with Crippen LogP contribution in [0, 0.1) is 5.92 Å². The Balaban J connectivity index is 1.88. The van der Waals surface area contributed by atoms with Gasteiger partial charge in [-0.15, -0.1) is 0 Å². The van der Waals surface area contributed by atoms with Crippen LogP contribution in [0.1, 0.15) is 65.2 Å². The van der Waals surface area contributed by atoms with Gasteiger partial charge in [0.2, 0.25) is 5.91 Å². The first-order chi connectivity index (χ1) is 9.16. The van der Waals surface area contributed by atoms with E-state index in [2.05, 4.69) is 24.1 Å². The Bertz CT molecular complexity index is 278. The molecule has 110 valence electrons. The second-order valence-corrected chi connectivity index (χ2v) is 6.71. The lowest BCUT2D eigenvalue weighted by atomic mass is 10.1. The molecule has 1 unspecified atom stereocenters. The van der Waals surface area contributed by atoms with E-state index in [1.54, 1.807) is 0 Å². The zero-order valence-electron chi connectivity index (χ0n) is 12.7. The summed E-state index contributed by atoms with van der Waals surface area (Å²) >= 11 is 0. The van der Waals surface area contributed by atoms with Crippen molar-refractivity contribution in [1.29, 1.82) is 0 Å². The minimum Gasteiger partial charge on any atom is -0.340 e. The Kier molecular flexibility index (Phi) is 5.68. The maximum Gasteiger partial charge on any atom is 0.224 e. The van der Waals surface area contributed by atoms with Crippen molar-refractivity contribution in [3.63, 3.8) is 0 Å². The highest BCUT2D eigenvalue weighted by atomic mass is 16.2.